The maximum atomic E-state index is 12.8. The van der Waals surface area contributed by atoms with Crippen molar-refractivity contribution in [1.82, 2.24) is 9.80 Å². The van der Waals surface area contributed by atoms with Crippen LogP contribution in [0.3, 0.4) is 0 Å². The number of allylic oxidation sites excluding steroid dienone is 2. The van der Waals surface area contributed by atoms with Crippen molar-refractivity contribution >= 4 is 11.9 Å². The molecule has 3 aliphatic rings. The number of likely N-dealkylation sites (tertiary alicyclic amines) is 1. The van der Waals surface area contributed by atoms with Gasteiger partial charge in [0.25, 0.3) is 0 Å². The molecule has 2 unspecified atom stereocenters. The van der Waals surface area contributed by atoms with E-state index in [0.29, 0.717) is 24.9 Å². The number of rotatable bonds is 2. The number of carbonyl (C=O) groups is 2. The van der Waals surface area contributed by atoms with E-state index < -0.39 is 11.9 Å². The molecule has 0 aromatic rings. The van der Waals surface area contributed by atoms with Crippen molar-refractivity contribution in [2.24, 2.45) is 11.8 Å². The molecule has 116 valence electrons. The van der Waals surface area contributed by atoms with Crippen LogP contribution in [-0.2, 0) is 9.59 Å². The van der Waals surface area contributed by atoms with Gasteiger partial charge in [0.1, 0.15) is 0 Å². The summed E-state index contributed by atoms with van der Waals surface area (Å²) in [7, 11) is 2.15. The first-order valence-corrected chi connectivity index (χ1v) is 7.96. The number of hydrogen-bond donors (Lipinski definition) is 1. The summed E-state index contributed by atoms with van der Waals surface area (Å²) in [4.78, 5) is 28.5. The third-order valence-electron chi connectivity index (χ3n) is 5.53. The Morgan fingerprint density at radius 3 is 2.43 bits per heavy atom. The molecule has 2 fully saturated rings. The van der Waals surface area contributed by atoms with Crippen LogP contribution in [0.5, 0.6) is 0 Å². The van der Waals surface area contributed by atoms with E-state index >= 15 is 0 Å². The summed E-state index contributed by atoms with van der Waals surface area (Å²) in [5.74, 6) is -1.73. The molecule has 1 amide bonds. The highest BCUT2D eigenvalue weighted by molar-refractivity contribution is 5.85. The van der Waals surface area contributed by atoms with Crippen LogP contribution in [0.4, 0.5) is 0 Å². The molecule has 2 bridgehead atoms. The first kappa shape index (κ1) is 14.6. The third-order valence-corrected chi connectivity index (χ3v) is 5.53. The minimum Gasteiger partial charge on any atom is -0.481 e. The average molecular weight is 292 g/mol. The second kappa shape index (κ2) is 5.79. The minimum atomic E-state index is -0.842. The smallest absolute Gasteiger partial charge is 0.307 e. The first-order chi connectivity index (χ1) is 10.1. The predicted octanol–water partition coefficient (Wildman–Crippen LogP) is 1.35. The number of carboxylic acid groups (broad SMARTS) is 1. The maximum absolute atomic E-state index is 12.8. The minimum absolute atomic E-state index is 0.0488. The van der Waals surface area contributed by atoms with Crippen molar-refractivity contribution in [2.45, 2.75) is 44.2 Å². The number of hydrogen-bond acceptors (Lipinski definition) is 3. The van der Waals surface area contributed by atoms with Crippen molar-refractivity contribution in [3.8, 4) is 0 Å². The Balaban J connectivity index is 1.72. The van der Waals surface area contributed by atoms with Gasteiger partial charge in [-0.25, -0.2) is 0 Å². The van der Waals surface area contributed by atoms with Crippen molar-refractivity contribution in [2.75, 3.05) is 20.1 Å². The first-order valence-electron chi connectivity index (χ1n) is 7.96. The molecule has 3 rings (SSSR count). The van der Waals surface area contributed by atoms with Crippen LogP contribution in [0.15, 0.2) is 12.2 Å². The Morgan fingerprint density at radius 2 is 1.71 bits per heavy atom. The maximum Gasteiger partial charge on any atom is 0.307 e. The van der Waals surface area contributed by atoms with Crippen molar-refractivity contribution in [3.05, 3.63) is 12.2 Å². The Hall–Kier alpha value is -1.36. The lowest BCUT2D eigenvalue weighted by molar-refractivity contribution is -0.150. The van der Waals surface area contributed by atoms with E-state index in [1.807, 2.05) is 17.1 Å². The molecule has 0 saturated carbocycles. The molecule has 21 heavy (non-hydrogen) atoms. The van der Waals surface area contributed by atoms with Crippen LogP contribution in [0.2, 0.25) is 0 Å². The number of carboxylic acids is 1. The molecule has 1 aliphatic carbocycles. The van der Waals surface area contributed by atoms with E-state index in [0.717, 1.165) is 25.9 Å². The monoisotopic (exact) mass is 292 g/mol. The molecular weight excluding hydrogens is 268 g/mol. The molecular formula is C16H24N2O3. The van der Waals surface area contributed by atoms with Gasteiger partial charge in [-0.3, -0.25) is 14.5 Å². The lowest BCUT2D eigenvalue weighted by Crippen LogP contribution is -2.45. The molecule has 4 atom stereocenters. The van der Waals surface area contributed by atoms with Gasteiger partial charge in [0.15, 0.2) is 0 Å². The summed E-state index contributed by atoms with van der Waals surface area (Å²) in [6.07, 6.45) is 8.28. The van der Waals surface area contributed by atoms with Crippen molar-refractivity contribution in [3.63, 3.8) is 0 Å². The Bertz CT molecular complexity index is 462. The standard InChI is InChI=1S/C16H24N2O3/c1-17-11-6-7-12(17)10-18(9-8-11)15(19)13-4-2-3-5-14(13)16(20)21/h2-3,11-14H,4-10H2,1H3,(H,20,21)/t11?,12?,13-,14+/m1/s1. The van der Waals surface area contributed by atoms with Gasteiger partial charge >= 0.3 is 5.97 Å². The van der Waals surface area contributed by atoms with Crippen molar-refractivity contribution in [1.29, 1.82) is 0 Å². The average Bonchev–Trinajstić information content (AvgIpc) is 2.71. The largest absolute Gasteiger partial charge is 0.481 e. The van der Waals surface area contributed by atoms with Crippen LogP contribution >= 0.6 is 0 Å². The number of carbonyl (C=O) groups excluding carboxylic acids is 1. The fraction of sp³-hybridized carbons (Fsp3) is 0.750. The van der Waals surface area contributed by atoms with E-state index in [1.54, 1.807) is 0 Å². The quantitative estimate of drug-likeness (QED) is 0.780. The third kappa shape index (κ3) is 2.71. The normalized spacial score (nSPS) is 36.5. The highest BCUT2D eigenvalue weighted by atomic mass is 16.4. The second-order valence-electron chi connectivity index (χ2n) is 6.62. The molecule has 0 radical (unpaired) electrons. The Kier molecular flexibility index (Phi) is 4.02. The highest BCUT2D eigenvalue weighted by Gasteiger charge is 2.40. The Morgan fingerprint density at radius 1 is 1.05 bits per heavy atom. The number of aliphatic carboxylic acids is 1. The van der Waals surface area contributed by atoms with Gasteiger partial charge in [0.05, 0.1) is 11.8 Å². The molecule has 5 nitrogen and oxygen atoms in total. The van der Waals surface area contributed by atoms with Gasteiger partial charge < -0.3 is 10.0 Å². The van der Waals surface area contributed by atoms with Gasteiger partial charge in [-0.05, 0) is 39.2 Å². The molecule has 0 aromatic heterocycles. The molecule has 1 N–H and O–H groups in total. The van der Waals surface area contributed by atoms with E-state index in [2.05, 4.69) is 11.9 Å². The van der Waals surface area contributed by atoms with Crippen LogP contribution in [0.1, 0.15) is 32.1 Å². The van der Waals surface area contributed by atoms with E-state index in [4.69, 9.17) is 0 Å². The number of amides is 1. The summed E-state index contributed by atoms with van der Waals surface area (Å²) in [6.45, 7) is 1.54. The SMILES string of the molecule is CN1C2CCC1CN(C(=O)[C@@H]1CC=CC[C@@H]1C(=O)O)CC2. The van der Waals surface area contributed by atoms with E-state index in [1.165, 1.54) is 6.42 Å². The number of nitrogens with zero attached hydrogens (tertiary/aromatic N) is 2. The summed E-state index contributed by atoms with van der Waals surface area (Å²) in [5.41, 5.74) is 0. The van der Waals surface area contributed by atoms with Crippen LogP contribution in [0, 0.1) is 11.8 Å². The van der Waals surface area contributed by atoms with Crippen LogP contribution in [0.25, 0.3) is 0 Å². The lowest BCUT2D eigenvalue weighted by Gasteiger charge is -2.32. The summed E-state index contributed by atoms with van der Waals surface area (Å²) in [6, 6.07) is 1.04. The van der Waals surface area contributed by atoms with Crippen LogP contribution < -0.4 is 0 Å². The summed E-state index contributed by atoms with van der Waals surface area (Å²) >= 11 is 0. The zero-order chi connectivity index (χ0) is 15.0. The number of likely N-dealkylation sites (N-methyl/N-ethyl adjacent to an activating group) is 1. The fourth-order valence-corrected chi connectivity index (χ4v) is 4.10. The lowest BCUT2D eigenvalue weighted by atomic mass is 9.82. The predicted molar refractivity (Wildman–Crippen MR) is 78.8 cm³/mol. The molecule has 0 spiro atoms. The van der Waals surface area contributed by atoms with Gasteiger partial charge in [-0.1, -0.05) is 12.2 Å². The highest BCUT2D eigenvalue weighted by Crippen LogP contribution is 2.32. The van der Waals surface area contributed by atoms with Gasteiger partial charge in [-0.15, -0.1) is 0 Å². The Labute approximate surface area is 125 Å². The molecule has 0 aromatic carbocycles. The molecule has 5 heteroatoms. The zero-order valence-electron chi connectivity index (χ0n) is 12.6. The topological polar surface area (TPSA) is 60.9 Å². The molecule has 2 aliphatic heterocycles. The van der Waals surface area contributed by atoms with Crippen molar-refractivity contribution < 1.29 is 14.7 Å². The fourth-order valence-electron chi connectivity index (χ4n) is 4.10. The summed E-state index contributed by atoms with van der Waals surface area (Å²) in [5, 5.41) is 9.35. The van der Waals surface area contributed by atoms with Gasteiger partial charge in [0.2, 0.25) is 5.91 Å². The van der Waals surface area contributed by atoms with Gasteiger partial charge in [-0.2, -0.15) is 0 Å². The van der Waals surface area contributed by atoms with E-state index in [9.17, 15) is 14.7 Å². The second-order valence-corrected chi connectivity index (χ2v) is 6.62. The molecule has 2 heterocycles. The molecule has 2 saturated heterocycles. The number of fused-ring (bicyclic) bond motifs is 2. The van der Waals surface area contributed by atoms with Gasteiger partial charge in [0, 0.05) is 25.2 Å². The van der Waals surface area contributed by atoms with E-state index in [-0.39, 0.29) is 11.8 Å². The zero-order valence-corrected chi connectivity index (χ0v) is 12.6. The summed E-state index contributed by atoms with van der Waals surface area (Å²) < 4.78 is 0. The van der Waals surface area contributed by atoms with Crippen LogP contribution in [-0.4, -0.2) is 59.0 Å².